The van der Waals surface area contributed by atoms with Crippen molar-refractivity contribution in [2.24, 2.45) is 0 Å². The molecular formula is C26H33N7O2. The van der Waals surface area contributed by atoms with Gasteiger partial charge in [0, 0.05) is 57.9 Å². The molecule has 184 valence electrons. The highest BCUT2D eigenvalue weighted by Gasteiger charge is 2.26. The number of anilines is 1. The van der Waals surface area contributed by atoms with Crippen LogP contribution in [0, 0.1) is 0 Å². The second-order valence-electron chi connectivity index (χ2n) is 9.41. The Balaban J connectivity index is 1.01. The van der Waals surface area contributed by atoms with Gasteiger partial charge in [-0.3, -0.25) is 14.5 Å². The fourth-order valence-electron chi connectivity index (χ4n) is 5.03. The summed E-state index contributed by atoms with van der Waals surface area (Å²) in [5.41, 5.74) is 2.04. The van der Waals surface area contributed by atoms with Crippen LogP contribution in [0.25, 0.3) is 11.0 Å². The third-order valence-electron chi connectivity index (χ3n) is 7.06. The number of nitrogens with one attached hydrogen (secondary N) is 2. The Bertz CT molecular complexity index is 1130. The van der Waals surface area contributed by atoms with Crippen molar-refractivity contribution in [2.75, 3.05) is 50.7 Å². The van der Waals surface area contributed by atoms with E-state index in [4.69, 9.17) is 0 Å². The van der Waals surface area contributed by atoms with Crippen LogP contribution in [0.4, 0.5) is 5.82 Å². The third-order valence-corrected chi connectivity index (χ3v) is 7.06. The maximum Gasteiger partial charge on any atom is 0.234 e. The molecule has 0 saturated carbocycles. The summed E-state index contributed by atoms with van der Waals surface area (Å²) < 4.78 is 0. The van der Waals surface area contributed by atoms with E-state index in [2.05, 4.69) is 42.2 Å². The smallest absolute Gasteiger partial charge is 0.234 e. The summed E-state index contributed by atoms with van der Waals surface area (Å²) in [6.45, 7) is 5.12. The van der Waals surface area contributed by atoms with Crippen LogP contribution in [0.5, 0.6) is 0 Å². The molecule has 2 amide bonds. The fraction of sp³-hybridized carbons (Fsp3) is 0.462. The molecule has 0 atom stereocenters. The number of carbonyl (C=O) groups is 2. The molecule has 2 saturated heterocycles. The predicted octanol–water partition coefficient (Wildman–Crippen LogP) is 1.82. The van der Waals surface area contributed by atoms with E-state index in [1.54, 1.807) is 6.33 Å². The van der Waals surface area contributed by atoms with Gasteiger partial charge in [-0.2, -0.15) is 0 Å². The highest BCUT2D eigenvalue weighted by molar-refractivity contribution is 5.87. The number of likely N-dealkylation sites (tertiary alicyclic amines) is 1. The zero-order chi connectivity index (χ0) is 24.0. The molecule has 3 aromatic rings. The minimum absolute atomic E-state index is 0.0716. The maximum absolute atomic E-state index is 12.7. The molecule has 0 aliphatic carbocycles. The van der Waals surface area contributed by atoms with Gasteiger partial charge in [-0.15, -0.1) is 0 Å². The van der Waals surface area contributed by atoms with E-state index in [0.717, 1.165) is 62.3 Å². The van der Waals surface area contributed by atoms with E-state index >= 15 is 0 Å². The monoisotopic (exact) mass is 475 g/mol. The minimum Gasteiger partial charge on any atom is -0.353 e. The Kier molecular flexibility index (Phi) is 7.23. The number of benzene rings is 1. The van der Waals surface area contributed by atoms with Gasteiger partial charge in [0.25, 0.3) is 0 Å². The lowest BCUT2D eigenvalue weighted by Crippen LogP contribution is -2.52. The summed E-state index contributed by atoms with van der Waals surface area (Å²) in [5, 5.41) is 4.22. The minimum atomic E-state index is 0.0716. The lowest BCUT2D eigenvalue weighted by molar-refractivity contribution is -0.132. The number of H-pyrrole nitrogens is 1. The van der Waals surface area contributed by atoms with Gasteiger partial charge < -0.3 is 20.1 Å². The van der Waals surface area contributed by atoms with E-state index in [0.29, 0.717) is 26.1 Å². The molecule has 2 aliphatic rings. The SMILES string of the molecule is O=C(CN1CCN(c2ncnc3[nH]ccc23)CC1)NC1CCN(C(=O)CCc2ccccc2)CC1. The molecule has 0 spiro atoms. The second kappa shape index (κ2) is 10.9. The summed E-state index contributed by atoms with van der Waals surface area (Å²) in [4.78, 5) is 43.5. The zero-order valence-corrected chi connectivity index (χ0v) is 20.0. The Morgan fingerprint density at radius 2 is 1.74 bits per heavy atom. The molecule has 4 heterocycles. The molecule has 0 unspecified atom stereocenters. The lowest BCUT2D eigenvalue weighted by atomic mass is 10.0. The van der Waals surface area contributed by atoms with Crippen LogP contribution in [0.3, 0.4) is 0 Å². The largest absolute Gasteiger partial charge is 0.353 e. The van der Waals surface area contributed by atoms with Crippen LogP contribution < -0.4 is 10.2 Å². The number of piperidine rings is 1. The predicted molar refractivity (Wildman–Crippen MR) is 135 cm³/mol. The first-order valence-electron chi connectivity index (χ1n) is 12.5. The summed E-state index contributed by atoms with van der Waals surface area (Å²) in [7, 11) is 0. The molecule has 2 aliphatic heterocycles. The summed E-state index contributed by atoms with van der Waals surface area (Å²) >= 11 is 0. The maximum atomic E-state index is 12.7. The van der Waals surface area contributed by atoms with Gasteiger partial charge in [0.05, 0.1) is 11.9 Å². The first kappa shape index (κ1) is 23.3. The van der Waals surface area contributed by atoms with Gasteiger partial charge >= 0.3 is 0 Å². The number of rotatable bonds is 7. The first-order chi connectivity index (χ1) is 17.2. The van der Waals surface area contributed by atoms with E-state index in [-0.39, 0.29) is 17.9 Å². The normalized spacial score (nSPS) is 17.6. The lowest BCUT2D eigenvalue weighted by Gasteiger charge is -2.36. The fourth-order valence-corrected chi connectivity index (χ4v) is 5.03. The van der Waals surface area contributed by atoms with Gasteiger partial charge in [0.15, 0.2) is 0 Å². The molecule has 0 radical (unpaired) electrons. The topological polar surface area (TPSA) is 97.5 Å². The number of aryl methyl sites for hydroxylation is 1. The van der Waals surface area contributed by atoms with E-state index in [1.807, 2.05) is 35.4 Å². The number of carbonyl (C=O) groups excluding carboxylic acids is 2. The number of piperazine rings is 1. The van der Waals surface area contributed by atoms with Crippen molar-refractivity contribution >= 4 is 28.7 Å². The number of aromatic amines is 1. The van der Waals surface area contributed by atoms with Gasteiger partial charge in [0.1, 0.15) is 17.8 Å². The molecule has 1 aromatic carbocycles. The van der Waals surface area contributed by atoms with E-state index < -0.39 is 0 Å². The van der Waals surface area contributed by atoms with Crippen LogP contribution in [0.15, 0.2) is 48.9 Å². The molecule has 9 heteroatoms. The molecule has 2 aromatic heterocycles. The summed E-state index contributed by atoms with van der Waals surface area (Å²) in [6, 6.07) is 12.3. The molecule has 35 heavy (non-hydrogen) atoms. The van der Waals surface area contributed by atoms with E-state index in [9.17, 15) is 9.59 Å². The summed E-state index contributed by atoms with van der Waals surface area (Å²) in [6.07, 6.45) is 6.42. The summed E-state index contributed by atoms with van der Waals surface area (Å²) in [5.74, 6) is 1.23. The third kappa shape index (κ3) is 5.79. The van der Waals surface area contributed by atoms with Crippen molar-refractivity contribution in [2.45, 2.75) is 31.7 Å². The average Bonchev–Trinajstić information content (AvgIpc) is 3.38. The van der Waals surface area contributed by atoms with Crippen LogP contribution in [-0.4, -0.2) is 88.4 Å². The Morgan fingerprint density at radius 3 is 2.51 bits per heavy atom. The van der Waals surface area contributed by atoms with Crippen LogP contribution in [0.1, 0.15) is 24.8 Å². The van der Waals surface area contributed by atoms with Crippen molar-refractivity contribution < 1.29 is 9.59 Å². The molecule has 0 bridgehead atoms. The molecule has 2 N–H and O–H groups in total. The van der Waals surface area contributed by atoms with Crippen LogP contribution in [-0.2, 0) is 16.0 Å². The number of hydrogen-bond donors (Lipinski definition) is 2. The number of fused-ring (bicyclic) bond motifs is 1. The van der Waals surface area contributed by atoms with Gasteiger partial charge in [-0.05, 0) is 30.9 Å². The molecule has 2 fully saturated rings. The van der Waals surface area contributed by atoms with Crippen molar-refractivity contribution in [1.29, 1.82) is 0 Å². The Hall–Kier alpha value is -3.46. The standard InChI is InChI=1S/C26H33N7O2/c34-23(18-31-14-16-33(17-15-31)26-22-8-11-27-25(22)28-19-29-26)30-21-9-12-32(13-10-21)24(35)7-6-20-4-2-1-3-5-20/h1-5,8,11,19,21H,6-7,9-10,12-18H2,(H,30,34)(H,27,28,29). The van der Waals surface area contributed by atoms with Gasteiger partial charge in [-0.1, -0.05) is 30.3 Å². The molecule has 5 rings (SSSR count). The number of nitrogens with zero attached hydrogens (tertiary/aromatic N) is 5. The number of aromatic nitrogens is 3. The quantitative estimate of drug-likeness (QED) is 0.541. The Morgan fingerprint density at radius 1 is 0.971 bits per heavy atom. The van der Waals surface area contributed by atoms with E-state index in [1.165, 1.54) is 5.56 Å². The second-order valence-corrected chi connectivity index (χ2v) is 9.41. The Labute approximate surface area is 205 Å². The van der Waals surface area contributed by atoms with Crippen LogP contribution in [0.2, 0.25) is 0 Å². The van der Waals surface area contributed by atoms with Crippen molar-refractivity contribution in [3.05, 3.63) is 54.5 Å². The van der Waals surface area contributed by atoms with Crippen molar-refractivity contribution in [1.82, 2.24) is 30.1 Å². The number of hydrogen-bond acceptors (Lipinski definition) is 6. The molecule has 9 nitrogen and oxygen atoms in total. The number of amides is 2. The highest BCUT2D eigenvalue weighted by atomic mass is 16.2. The van der Waals surface area contributed by atoms with Crippen molar-refractivity contribution in [3.63, 3.8) is 0 Å². The first-order valence-corrected chi connectivity index (χ1v) is 12.5. The molecular weight excluding hydrogens is 442 g/mol. The van der Waals surface area contributed by atoms with Crippen molar-refractivity contribution in [3.8, 4) is 0 Å². The average molecular weight is 476 g/mol. The van der Waals surface area contributed by atoms with Gasteiger partial charge in [-0.25, -0.2) is 9.97 Å². The van der Waals surface area contributed by atoms with Crippen LogP contribution >= 0.6 is 0 Å². The zero-order valence-electron chi connectivity index (χ0n) is 20.0. The van der Waals surface area contributed by atoms with Gasteiger partial charge in [0.2, 0.25) is 11.8 Å². The highest BCUT2D eigenvalue weighted by Crippen LogP contribution is 2.23.